The highest BCUT2D eigenvalue weighted by Gasteiger charge is 2.37. The Hall–Kier alpha value is -0.550. The zero-order valence-corrected chi connectivity index (χ0v) is 14.0. The van der Waals surface area contributed by atoms with Crippen LogP contribution in [0.25, 0.3) is 0 Å². The zero-order chi connectivity index (χ0) is 14.4. The Morgan fingerprint density at radius 3 is 2.57 bits per heavy atom. The van der Waals surface area contributed by atoms with E-state index in [0.717, 1.165) is 17.8 Å². The van der Waals surface area contributed by atoms with Crippen molar-refractivity contribution >= 4 is 11.8 Å². The average Bonchev–Trinajstić information content (AvgIpc) is 3.42. The number of hydrogen-bond acceptors (Lipinski definition) is 4. The van der Waals surface area contributed by atoms with Crippen molar-refractivity contribution in [3.05, 3.63) is 11.6 Å². The predicted molar refractivity (Wildman–Crippen MR) is 86.7 cm³/mol. The van der Waals surface area contributed by atoms with Crippen LogP contribution in [-0.4, -0.2) is 44.3 Å². The standard InChI is InChI=1S/C16H26N4S/c1-19(13-7-8-14(9-13)21-2)10-15-17-18-16(11-3-4-11)20(15)12-5-6-12/h11-14H,3-10H2,1-2H3. The first-order valence-corrected chi connectivity index (χ1v) is 9.71. The maximum absolute atomic E-state index is 4.56. The molecule has 21 heavy (non-hydrogen) atoms. The lowest BCUT2D eigenvalue weighted by atomic mass is 10.2. The van der Waals surface area contributed by atoms with Gasteiger partial charge in [0.1, 0.15) is 11.6 Å². The fraction of sp³-hybridized carbons (Fsp3) is 0.875. The first-order chi connectivity index (χ1) is 10.3. The maximum Gasteiger partial charge on any atom is 0.147 e. The molecule has 5 heteroatoms. The lowest BCUT2D eigenvalue weighted by Gasteiger charge is -2.24. The molecule has 4 nitrogen and oxygen atoms in total. The molecule has 4 rings (SSSR count). The topological polar surface area (TPSA) is 34.0 Å². The Kier molecular flexibility index (Phi) is 3.74. The second-order valence-electron chi connectivity index (χ2n) is 7.09. The molecule has 2 unspecified atom stereocenters. The molecule has 1 aromatic heterocycles. The van der Waals surface area contributed by atoms with Gasteiger partial charge in [0.25, 0.3) is 0 Å². The monoisotopic (exact) mass is 306 g/mol. The summed E-state index contributed by atoms with van der Waals surface area (Å²) in [6, 6.07) is 1.44. The molecular weight excluding hydrogens is 280 g/mol. The molecule has 0 aromatic carbocycles. The largest absolute Gasteiger partial charge is 0.311 e. The second-order valence-corrected chi connectivity index (χ2v) is 8.23. The van der Waals surface area contributed by atoms with Crippen molar-refractivity contribution in [2.75, 3.05) is 13.3 Å². The lowest BCUT2D eigenvalue weighted by Crippen LogP contribution is -2.30. The van der Waals surface area contributed by atoms with Crippen molar-refractivity contribution in [2.24, 2.45) is 0 Å². The molecule has 3 aliphatic carbocycles. The quantitative estimate of drug-likeness (QED) is 0.808. The Labute approximate surface area is 131 Å². The molecule has 0 radical (unpaired) electrons. The van der Waals surface area contributed by atoms with E-state index in [0.29, 0.717) is 12.0 Å². The van der Waals surface area contributed by atoms with E-state index >= 15 is 0 Å². The van der Waals surface area contributed by atoms with Crippen LogP contribution in [0.4, 0.5) is 0 Å². The Morgan fingerprint density at radius 2 is 1.95 bits per heavy atom. The van der Waals surface area contributed by atoms with Crippen LogP contribution in [0.5, 0.6) is 0 Å². The van der Waals surface area contributed by atoms with Gasteiger partial charge in [-0.15, -0.1) is 10.2 Å². The van der Waals surface area contributed by atoms with Gasteiger partial charge in [0, 0.05) is 23.3 Å². The molecule has 1 aromatic rings. The fourth-order valence-corrected chi connectivity index (χ4v) is 4.47. The molecule has 0 aliphatic heterocycles. The minimum Gasteiger partial charge on any atom is -0.311 e. The fourth-order valence-electron chi connectivity index (χ4n) is 3.68. The van der Waals surface area contributed by atoms with Crippen LogP contribution in [0.1, 0.15) is 68.6 Å². The first-order valence-electron chi connectivity index (χ1n) is 8.43. The van der Waals surface area contributed by atoms with Crippen LogP contribution in [0, 0.1) is 0 Å². The van der Waals surface area contributed by atoms with Gasteiger partial charge in [-0.1, -0.05) is 0 Å². The maximum atomic E-state index is 4.56. The third-order valence-electron chi connectivity index (χ3n) is 5.35. The van der Waals surface area contributed by atoms with Crippen molar-refractivity contribution in [1.82, 2.24) is 19.7 Å². The van der Waals surface area contributed by atoms with Gasteiger partial charge in [-0.05, 0) is 58.2 Å². The van der Waals surface area contributed by atoms with Crippen molar-refractivity contribution in [3.63, 3.8) is 0 Å². The minimum atomic E-state index is 0.710. The van der Waals surface area contributed by atoms with Crippen molar-refractivity contribution in [2.45, 2.75) is 74.7 Å². The van der Waals surface area contributed by atoms with Gasteiger partial charge in [0.2, 0.25) is 0 Å². The molecular formula is C16H26N4S. The molecule has 3 fully saturated rings. The molecule has 0 N–H and O–H groups in total. The molecule has 3 saturated carbocycles. The second kappa shape index (κ2) is 5.58. The van der Waals surface area contributed by atoms with E-state index in [1.807, 2.05) is 11.8 Å². The molecule has 2 atom stereocenters. The average molecular weight is 306 g/mol. The smallest absolute Gasteiger partial charge is 0.147 e. The molecule has 1 heterocycles. The molecule has 3 aliphatic rings. The van der Waals surface area contributed by atoms with E-state index in [1.165, 1.54) is 56.6 Å². The SMILES string of the molecule is CSC1CCC(N(C)Cc2nnc(C3CC3)n2C2CC2)C1. The Balaban J connectivity index is 1.46. The molecule has 116 valence electrons. The highest BCUT2D eigenvalue weighted by Crippen LogP contribution is 2.45. The number of aromatic nitrogens is 3. The van der Waals surface area contributed by atoms with Gasteiger partial charge in [-0.25, -0.2) is 0 Å². The van der Waals surface area contributed by atoms with Gasteiger partial charge in [-0.3, -0.25) is 4.90 Å². The summed E-state index contributed by atoms with van der Waals surface area (Å²) in [5, 5.41) is 9.95. The summed E-state index contributed by atoms with van der Waals surface area (Å²) in [7, 11) is 2.27. The van der Waals surface area contributed by atoms with Gasteiger partial charge >= 0.3 is 0 Å². The summed E-state index contributed by atoms with van der Waals surface area (Å²) in [6.07, 6.45) is 11.6. The highest BCUT2D eigenvalue weighted by atomic mass is 32.2. The Bertz CT molecular complexity index is 506. The van der Waals surface area contributed by atoms with E-state index in [1.54, 1.807) is 0 Å². The van der Waals surface area contributed by atoms with Crippen molar-refractivity contribution in [3.8, 4) is 0 Å². The van der Waals surface area contributed by atoms with E-state index < -0.39 is 0 Å². The van der Waals surface area contributed by atoms with Gasteiger partial charge < -0.3 is 4.57 Å². The summed E-state index contributed by atoms with van der Waals surface area (Å²) in [5.41, 5.74) is 0. The number of nitrogens with zero attached hydrogens (tertiary/aromatic N) is 4. The normalized spacial score (nSPS) is 29.5. The van der Waals surface area contributed by atoms with Crippen LogP contribution in [0.3, 0.4) is 0 Å². The van der Waals surface area contributed by atoms with Gasteiger partial charge in [0.05, 0.1) is 6.54 Å². The van der Waals surface area contributed by atoms with Gasteiger partial charge in [-0.2, -0.15) is 11.8 Å². The summed E-state index contributed by atoms with van der Waals surface area (Å²) in [6.45, 7) is 0.974. The number of rotatable bonds is 6. The third kappa shape index (κ3) is 2.87. The number of hydrogen-bond donors (Lipinski definition) is 0. The van der Waals surface area contributed by atoms with E-state index in [-0.39, 0.29) is 0 Å². The molecule has 0 spiro atoms. The third-order valence-corrected chi connectivity index (χ3v) is 6.45. The molecule has 0 bridgehead atoms. The highest BCUT2D eigenvalue weighted by molar-refractivity contribution is 7.99. The summed E-state index contributed by atoms with van der Waals surface area (Å²) < 4.78 is 2.50. The molecule has 0 saturated heterocycles. The van der Waals surface area contributed by atoms with Crippen LogP contribution in [-0.2, 0) is 6.54 Å². The van der Waals surface area contributed by atoms with Crippen molar-refractivity contribution < 1.29 is 0 Å². The van der Waals surface area contributed by atoms with Crippen LogP contribution in [0.15, 0.2) is 0 Å². The summed E-state index contributed by atoms with van der Waals surface area (Å²) in [4.78, 5) is 2.52. The van der Waals surface area contributed by atoms with E-state index in [9.17, 15) is 0 Å². The predicted octanol–water partition coefficient (Wildman–Crippen LogP) is 3.21. The van der Waals surface area contributed by atoms with Crippen LogP contribution < -0.4 is 0 Å². The van der Waals surface area contributed by atoms with Crippen LogP contribution >= 0.6 is 11.8 Å². The Morgan fingerprint density at radius 1 is 1.14 bits per heavy atom. The number of thioether (sulfide) groups is 1. The summed E-state index contributed by atoms with van der Waals surface area (Å²) >= 11 is 2.03. The van der Waals surface area contributed by atoms with E-state index in [4.69, 9.17) is 0 Å². The molecule has 0 amide bonds. The van der Waals surface area contributed by atoms with E-state index in [2.05, 4.69) is 33.0 Å². The minimum absolute atomic E-state index is 0.710. The summed E-state index contributed by atoms with van der Waals surface area (Å²) in [5.74, 6) is 3.22. The van der Waals surface area contributed by atoms with Gasteiger partial charge in [0.15, 0.2) is 0 Å². The van der Waals surface area contributed by atoms with Crippen LogP contribution in [0.2, 0.25) is 0 Å². The lowest BCUT2D eigenvalue weighted by molar-refractivity contribution is 0.228. The zero-order valence-electron chi connectivity index (χ0n) is 13.2. The van der Waals surface area contributed by atoms with Crippen molar-refractivity contribution in [1.29, 1.82) is 0 Å². The first kappa shape index (κ1) is 14.1.